The molecule has 2 heterocycles. The van der Waals surface area contributed by atoms with Crippen molar-refractivity contribution >= 4 is 28.1 Å². The molecule has 0 radical (unpaired) electrons. The van der Waals surface area contributed by atoms with Gasteiger partial charge in [-0.15, -0.1) is 11.3 Å². The molecule has 3 aromatic rings. The highest BCUT2D eigenvalue weighted by atomic mass is 32.1. The van der Waals surface area contributed by atoms with Gasteiger partial charge >= 0.3 is 0 Å². The third-order valence-corrected chi connectivity index (χ3v) is 4.69. The van der Waals surface area contributed by atoms with E-state index in [9.17, 15) is 0 Å². The Hall–Kier alpha value is -1.94. The summed E-state index contributed by atoms with van der Waals surface area (Å²) in [4.78, 5) is 10.1. The zero-order valence-electron chi connectivity index (χ0n) is 11.0. The minimum Gasteiger partial charge on any atom is -0.377 e. The fourth-order valence-corrected chi connectivity index (χ4v) is 3.42. The van der Waals surface area contributed by atoms with Crippen LogP contribution in [0, 0.1) is 5.92 Å². The molecule has 1 unspecified atom stereocenters. The molecule has 1 N–H and O–H groups in total. The molecule has 0 bridgehead atoms. The number of benzene rings is 1. The first kappa shape index (κ1) is 11.9. The van der Waals surface area contributed by atoms with Gasteiger partial charge in [0.05, 0.1) is 17.1 Å². The van der Waals surface area contributed by atoms with E-state index in [0.29, 0.717) is 6.04 Å². The average molecular weight is 281 g/mol. The van der Waals surface area contributed by atoms with Crippen LogP contribution in [-0.4, -0.2) is 9.97 Å². The second-order valence-electron chi connectivity index (χ2n) is 5.23. The molecule has 1 aromatic carbocycles. The van der Waals surface area contributed by atoms with Crippen LogP contribution in [0.1, 0.15) is 23.8 Å². The monoisotopic (exact) mass is 281 g/mol. The zero-order chi connectivity index (χ0) is 13.4. The van der Waals surface area contributed by atoms with Gasteiger partial charge in [0.15, 0.2) is 0 Å². The van der Waals surface area contributed by atoms with E-state index >= 15 is 0 Å². The van der Waals surface area contributed by atoms with Crippen molar-refractivity contribution in [2.24, 2.45) is 5.92 Å². The zero-order valence-corrected chi connectivity index (χ0v) is 11.8. The van der Waals surface area contributed by atoms with Crippen molar-refractivity contribution in [3.63, 3.8) is 0 Å². The van der Waals surface area contributed by atoms with Crippen LogP contribution in [0.4, 0.5) is 5.69 Å². The van der Waals surface area contributed by atoms with Gasteiger partial charge < -0.3 is 5.32 Å². The molecule has 0 amide bonds. The molecule has 0 saturated heterocycles. The number of nitrogens with one attached hydrogen (secondary N) is 1. The van der Waals surface area contributed by atoms with Crippen LogP contribution in [0.25, 0.3) is 11.0 Å². The maximum atomic E-state index is 4.37. The second kappa shape index (κ2) is 4.87. The quantitative estimate of drug-likeness (QED) is 0.776. The molecule has 1 saturated carbocycles. The van der Waals surface area contributed by atoms with Crippen molar-refractivity contribution in [2.45, 2.75) is 18.9 Å². The number of fused-ring (bicyclic) bond motifs is 1. The Morgan fingerprint density at radius 3 is 2.70 bits per heavy atom. The molecule has 1 aliphatic carbocycles. The van der Waals surface area contributed by atoms with Gasteiger partial charge in [0, 0.05) is 23.0 Å². The molecule has 0 spiro atoms. The molecule has 0 aliphatic heterocycles. The van der Waals surface area contributed by atoms with Crippen LogP contribution in [0.15, 0.2) is 48.1 Å². The molecule has 2 aromatic heterocycles. The van der Waals surface area contributed by atoms with Crippen LogP contribution in [0.5, 0.6) is 0 Å². The average Bonchev–Trinajstić information content (AvgIpc) is 3.19. The summed E-state index contributed by atoms with van der Waals surface area (Å²) >= 11 is 1.83. The summed E-state index contributed by atoms with van der Waals surface area (Å²) in [6.45, 7) is 0. The third-order valence-electron chi connectivity index (χ3n) is 3.73. The van der Waals surface area contributed by atoms with E-state index in [1.807, 2.05) is 17.4 Å². The largest absolute Gasteiger partial charge is 0.377 e. The number of nitrogens with zero attached hydrogens (tertiary/aromatic N) is 2. The van der Waals surface area contributed by atoms with Crippen molar-refractivity contribution < 1.29 is 0 Å². The molecular weight excluding hydrogens is 266 g/mol. The summed E-state index contributed by atoms with van der Waals surface area (Å²) < 4.78 is 0. The van der Waals surface area contributed by atoms with E-state index in [-0.39, 0.29) is 0 Å². The molecular formula is C16H15N3S. The first-order valence-corrected chi connectivity index (χ1v) is 7.79. The van der Waals surface area contributed by atoms with Gasteiger partial charge in [-0.1, -0.05) is 6.07 Å². The first-order valence-electron chi connectivity index (χ1n) is 6.91. The van der Waals surface area contributed by atoms with Gasteiger partial charge in [0.2, 0.25) is 0 Å². The Balaban J connectivity index is 1.65. The van der Waals surface area contributed by atoms with Crippen LogP contribution < -0.4 is 5.32 Å². The van der Waals surface area contributed by atoms with Gasteiger partial charge in [-0.3, -0.25) is 9.97 Å². The lowest BCUT2D eigenvalue weighted by molar-refractivity contribution is 0.691. The smallest absolute Gasteiger partial charge is 0.0907 e. The SMILES string of the molecule is c1csc(C(Nc2ccc3nccnc3c2)C2CC2)c1. The predicted molar refractivity (Wildman–Crippen MR) is 82.9 cm³/mol. The summed E-state index contributed by atoms with van der Waals surface area (Å²) in [5.41, 5.74) is 3.01. The highest BCUT2D eigenvalue weighted by molar-refractivity contribution is 7.10. The summed E-state index contributed by atoms with van der Waals surface area (Å²) in [5, 5.41) is 5.83. The number of rotatable bonds is 4. The van der Waals surface area contributed by atoms with Crippen molar-refractivity contribution in [3.05, 3.63) is 53.0 Å². The van der Waals surface area contributed by atoms with E-state index in [0.717, 1.165) is 22.6 Å². The van der Waals surface area contributed by atoms with E-state index in [1.54, 1.807) is 12.4 Å². The Labute approximate surface area is 121 Å². The molecule has 1 aliphatic rings. The number of aromatic nitrogens is 2. The van der Waals surface area contributed by atoms with E-state index < -0.39 is 0 Å². The van der Waals surface area contributed by atoms with E-state index in [2.05, 4.69) is 44.9 Å². The minimum atomic E-state index is 0.434. The standard InChI is InChI=1S/C16H15N3S/c1-2-15(20-9-1)16(11-3-4-11)19-12-5-6-13-14(10-12)18-8-7-17-13/h1-2,5-11,16,19H,3-4H2. The summed E-state index contributed by atoms with van der Waals surface area (Å²) in [7, 11) is 0. The molecule has 100 valence electrons. The van der Waals surface area contributed by atoms with Gasteiger partial charge in [-0.05, 0) is 48.4 Å². The molecule has 4 heteroatoms. The third kappa shape index (κ3) is 2.27. The number of hydrogen-bond donors (Lipinski definition) is 1. The lowest BCUT2D eigenvalue weighted by Gasteiger charge is -2.18. The fourth-order valence-electron chi connectivity index (χ4n) is 2.55. The topological polar surface area (TPSA) is 37.8 Å². The minimum absolute atomic E-state index is 0.434. The van der Waals surface area contributed by atoms with Crippen LogP contribution in [0.3, 0.4) is 0 Å². The fraction of sp³-hybridized carbons (Fsp3) is 0.250. The first-order chi connectivity index (χ1) is 9.90. The molecule has 1 fully saturated rings. The summed E-state index contributed by atoms with van der Waals surface area (Å²) in [6.07, 6.45) is 6.11. The number of thiophene rings is 1. The predicted octanol–water partition coefficient (Wildman–Crippen LogP) is 4.25. The Bertz CT molecular complexity index is 719. The molecule has 4 rings (SSSR count). The van der Waals surface area contributed by atoms with Crippen LogP contribution >= 0.6 is 11.3 Å². The second-order valence-corrected chi connectivity index (χ2v) is 6.21. The highest BCUT2D eigenvalue weighted by Gasteiger charge is 2.32. The van der Waals surface area contributed by atoms with E-state index in [1.165, 1.54) is 17.7 Å². The maximum Gasteiger partial charge on any atom is 0.0907 e. The maximum absolute atomic E-state index is 4.37. The van der Waals surface area contributed by atoms with Gasteiger partial charge in [0.25, 0.3) is 0 Å². The van der Waals surface area contributed by atoms with Gasteiger partial charge in [-0.2, -0.15) is 0 Å². The normalized spacial score (nSPS) is 16.2. The molecule has 1 atom stereocenters. The molecule has 20 heavy (non-hydrogen) atoms. The van der Waals surface area contributed by atoms with Gasteiger partial charge in [0.1, 0.15) is 0 Å². The van der Waals surface area contributed by atoms with Crippen LogP contribution in [-0.2, 0) is 0 Å². The Morgan fingerprint density at radius 1 is 1.10 bits per heavy atom. The Kier molecular flexibility index (Phi) is 2.89. The number of hydrogen-bond acceptors (Lipinski definition) is 4. The van der Waals surface area contributed by atoms with E-state index in [4.69, 9.17) is 0 Å². The van der Waals surface area contributed by atoms with Gasteiger partial charge in [-0.25, -0.2) is 0 Å². The lowest BCUT2D eigenvalue weighted by atomic mass is 10.1. The highest BCUT2D eigenvalue weighted by Crippen LogP contribution is 2.44. The summed E-state index contributed by atoms with van der Waals surface area (Å²) in [6, 6.07) is 11.0. The van der Waals surface area contributed by atoms with Crippen molar-refractivity contribution in [2.75, 3.05) is 5.32 Å². The number of anilines is 1. The molecule has 3 nitrogen and oxygen atoms in total. The van der Waals surface area contributed by atoms with Crippen LogP contribution in [0.2, 0.25) is 0 Å². The van der Waals surface area contributed by atoms with Crippen molar-refractivity contribution in [3.8, 4) is 0 Å². The van der Waals surface area contributed by atoms with Crippen molar-refractivity contribution in [1.29, 1.82) is 0 Å². The Morgan fingerprint density at radius 2 is 1.95 bits per heavy atom. The van der Waals surface area contributed by atoms with Crippen molar-refractivity contribution in [1.82, 2.24) is 9.97 Å². The lowest BCUT2D eigenvalue weighted by Crippen LogP contribution is -2.11. The summed E-state index contributed by atoms with van der Waals surface area (Å²) in [5.74, 6) is 0.770.